The fourth-order valence-corrected chi connectivity index (χ4v) is 4.77. The van der Waals surface area contributed by atoms with E-state index in [-0.39, 0.29) is 5.91 Å². The minimum atomic E-state index is -0.144. The van der Waals surface area contributed by atoms with Crippen molar-refractivity contribution in [2.24, 2.45) is 0 Å². The van der Waals surface area contributed by atoms with Gasteiger partial charge in [-0.2, -0.15) is 0 Å². The Morgan fingerprint density at radius 1 is 1.00 bits per heavy atom. The quantitative estimate of drug-likeness (QED) is 0.383. The van der Waals surface area contributed by atoms with Gasteiger partial charge >= 0.3 is 0 Å². The molecule has 0 saturated heterocycles. The largest absolute Gasteiger partial charge is 0.300 e. The van der Waals surface area contributed by atoms with Gasteiger partial charge in [0.05, 0.1) is 38.5 Å². The molecular weight excluding hydrogens is 425 g/mol. The zero-order valence-corrected chi connectivity index (χ0v) is 17.4. The van der Waals surface area contributed by atoms with Gasteiger partial charge in [0.1, 0.15) is 0 Å². The Kier molecular flexibility index (Phi) is 4.59. The molecule has 0 radical (unpaired) electrons. The Hall–Kier alpha value is -2.73. The Bertz CT molecular complexity index is 1230. The number of amides is 1. The summed E-state index contributed by atoms with van der Waals surface area (Å²) < 4.78 is 2.64. The van der Waals surface area contributed by atoms with Gasteiger partial charge in [-0.3, -0.25) is 14.9 Å². The van der Waals surface area contributed by atoms with Crippen LogP contribution in [0.2, 0.25) is 9.36 Å². The predicted octanol–water partition coefficient (Wildman–Crippen LogP) is 6.56. The Morgan fingerprint density at radius 3 is 2.66 bits per heavy atom. The third-order valence-electron chi connectivity index (χ3n) is 4.89. The van der Waals surface area contributed by atoms with Crippen LogP contribution in [0.5, 0.6) is 0 Å². The van der Waals surface area contributed by atoms with E-state index in [1.807, 2.05) is 71.5 Å². The molecule has 29 heavy (non-hydrogen) atoms. The molecule has 0 fully saturated rings. The Morgan fingerprint density at radius 2 is 1.86 bits per heavy atom. The van der Waals surface area contributed by atoms with Gasteiger partial charge in [0.25, 0.3) is 5.91 Å². The van der Waals surface area contributed by atoms with Gasteiger partial charge in [-0.05, 0) is 54.1 Å². The van der Waals surface area contributed by atoms with Crippen molar-refractivity contribution in [1.82, 2.24) is 4.68 Å². The SMILES string of the molecule is O=C(c1ccc(-c2ccc(Cl)s2)cc1Cl)N1Cc2cccn2Nc2ccccc21. The highest BCUT2D eigenvalue weighted by molar-refractivity contribution is 7.19. The van der Waals surface area contributed by atoms with Crippen molar-refractivity contribution in [3.63, 3.8) is 0 Å². The molecule has 0 aliphatic carbocycles. The van der Waals surface area contributed by atoms with Crippen LogP contribution in [0.4, 0.5) is 11.4 Å². The van der Waals surface area contributed by atoms with Crippen LogP contribution in [0, 0.1) is 0 Å². The predicted molar refractivity (Wildman–Crippen MR) is 120 cm³/mol. The molecule has 7 heteroatoms. The van der Waals surface area contributed by atoms with Gasteiger partial charge in [-0.25, -0.2) is 0 Å². The number of nitrogens with zero attached hydrogens (tertiary/aromatic N) is 2. The van der Waals surface area contributed by atoms with Crippen LogP contribution in [0.25, 0.3) is 10.4 Å². The summed E-state index contributed by atoms with van der Waals surface area (Å²) in [7, 11) is 0. The average Bonchev–Trinajstić information content (AvgIpc) is 3.32. The van der Waals surface area contributed by atoms with Crippen LogP contribution in [0.15, 0.2) is 72.9 Å². The molecule has 0 unspecified atom stereocenters. The van der Waals surface area contributed by atoms with E-state index in [0.717, 1.165) is 27.5 Å². The smallest absolute Gasteiger partial charge is 0.260 e. The minimum Gasteiger partial charge on any atom is -0.300 e. The van der Waals surface area contributed by atoms with E-state index in [9.17, 15) is 4.79 Å². The fraction of sp³-hybridized carbons (Fsp3) is 0.0455. The highest BCUT2D eigenvalue weighted by atomic mass is 35.5. The second-order valence-corrected chi connectivity index (χ2v) is 8.81. The average molecular weight is 440 g/mol. The first-order valence-corrected chi connectivity index (χ1v) is 10.6. The summed E-state index contributed by atoms with van der Waals surface area (Å²) in [6, 6.07) is 21.0. The monoisotopic (exact) mass is 439 g/mol. The number of nitrogens with one attached hydrogen (secondary N) is 1. The number of carbonyl (C=O) groups excluding carboxylic acids is 1. The van der Waals surface area contributed by atoms with Gasteiger partial charge in [-0.15, -0.1) is 11.3 Å². The first-order chi connectivity index (χ1) is 14.1. The summed E-state index contributed by atoms with van der Waals surface area (Å²) in [5.41, 5.74) is 7.40. The van der Waals surface area contributed by atoms with Crippen LogP contribution in [0.3, 0.4) is 0 Å². The van der Waals surface area contributed by atoms with Gasteiger partial charge in [-0.1, -0.05) is 41.4 Å². The van der Waals surface area contributed by atoms with Gasteiger partial charge in [0.2, 0.25) is 0 Å². The number of benzene rings is 2. The molecule has 0 bridgehead atoms. The highest BCUT2D eigenvalue weighted by Gasteiger charge is 2.26. The number of anilines is 2. The van der Waals surface area contributed by atoms with Gasteiger partial charge in [0.15, 0.2) is 0 Å². The molecule has 1 N–H and O–H groups in total. The molecule has 0 atom stereocenters. The summed E-state index contributed by atoms with van der Waals surface area (Å²) in [6.45, 7) is 0.439. The molecule has 0 saturated carbocycles. The topological polar surface area (TPSA) is 37.3 Å². The number of hydrogen-bond donors (Lipinski definition) is 1. The Balaban J connectivity index is 1.55. The number of para-hydroxylation sites is 2. The molecule has 2 aromatic heterocycles. The second-order valence-electron chi connectivity index (χ2n) is 6.69. The zero-order valence-electron chi connectivity index (χ0n) is 15.1. The lowest BCUT2D eigenvalue weighted by atomic mass is 10.1. The van der Waals surface area contributed by atoms with Crippen molar-refractivity contribution >= 4 is 51.8 Å². The summed E-state index contributed by atoms with van der Waals surface area (Å²) >= 11 is 14.1. The third kappa shape index (κ3) is 3.31. The molecule has 1 aliphatic heterocycles. The van der Waals surface area contributed by atoms with Crippen LogP contribution in [-0.2, 0) is 6.54 Å². The number of halogens is 2. The van der Waals surface area contributed by atoms with Crippen LogP contribution in [-0.4, -0.2) is 10.6 Å². The lowest BCUT2D eigenvalue weighted by Gasteiger charge is -2.23. The summed E-state index contributed by atoms with van der Waals surface area (Å²) in [5, 5.41) is 0.419. The minimum absolute atomic E-state index is 0.144. The molecule has 1 aliphatic rings. The maximum atomic E-state index is 13.5. The van der Waals surface area contributed by atoms with E-state index in [4.69, 9.17) is 23.2 Å². The summed E-state index contributed by atoms with van der Waals surface area (Å²) in [5.74, 6) is -0.144. The molecule has 0 spiro atoms. The van der Waals surface area contributed by atoms with Crippen molar-refractivity contribution in [1.29, 1.82) is 0 Å². The lowest BCUT2D eigenvalue weighted by Crippen LogP contribution is -2.30. The maximum Gasteiger partial charge on any atom is 0.260 e. The first-order valence-electron chi connectivity index (χ1n) is 8.99. The first kappa shape index (κ1) is 18.3. The zero-order chi connectivity index (χ0) is 20.0. The Labute approximate surface area is 181 Å². The van der Waals surface area contributed by atoms with E-state index in [1.54, 1.807) is 11.0 Å². The molecule has 4 aromatic rings. The van der Waals surface area contributed by atoms with Crippen molar-refractivity contribution < 1.29 is 4.79 Å². The van der Waals surface area contributed by atoms with E-state index >= 15 is 0 Å². The molecule has 4 nitrogen and oxygen atoms in total. The summed E-state index contributed by atoms with van der Waals surface area (Å²) in [6.07, 6.45) is 1.94. The van der Waals surface area contributed by atoms with Crippen LogP contribution < -0.4 is 10.3 Å². The van der Waals surface area contributed by atoms with Gasteiger partial charge < -0.3 is 4.90 Å². The number of carbonyl (C=O) groups is 1. The normalized spacial score (nSPS) is 12.7. The highest BCUT2D eigenvalue weighted by Crippen LogP contribution is 2.36. The van der Waals surface area contributed by atoms with E-state index in [1.165, 1.54) is 11.3 Å². The molecule has 5 rings (SSSR count). The summed E-state index contributed by atoms with van der Waals surface area (Å²) in [4.78, 5) is 16.3. The number of fused-ring (bicyclic) bond motifs is 2. The van der Waals surface area contributed by atoms with Crippen LogP contribution >= 0.6 is 34.5 Å². The van der Waals surface area contributed by atoms with E-state index in [2.05, 4.69) is 5.43 Å². The number of hydrogen-bond acceptors (Lipinski definition) is 3. The number of rotatable bonds is 2. The molecular formula is C22H15Cl2N3OS. The van der Waals surface area contributed by atoms with Crippen molar-refractivity contribution in [2.75, 3.05) is 10.3 Å². The fourth-order valence-electron chi connectivity index (χ4n) is 3.47. The van der Waals surface area contributed by atoms with Gasteiger partial charge in [0, 0.05) is 11.1 Å². The lowest BCUT2D eigenvalue weighted by molar-refractivity contribution is 0.0985. The maximum absolute atomic E-state index is 13.5. The second kappa shape index (κ2) is 7.26. The van der Waals surface area contributed by atoms with E-state index < -0.39 is 0 Å². The van der Waals surface area contributed by atoms with Crippen LogP contribution in [0.1, 0.15) is 16.1 Å². The van der Waals surface area contributed by atoms with E-state index in [0.29, 0.717) is 21.5 Å². The molecule has 3 heterocycles. The van der Waals surface area contributed by atoms with Crippen molar-refractivity contribution in [3.05, 3.63) is 93.5 Å². The molecule has 2 aromatic carbocycles. The third-order valence-corrected chi connectivity index (χ3v) is 6.48. The standard InChI is InChI=1S/C22H15Cl2N3OS/c23-17-12-14(20-9-10-21(24)29-20)7-8-16(17)22(28)26-13-15-4-3-11-27(15)25-18-5-1-2-6-19(18)26/h1-12,25H,13H2. The number of aromatic nitrogens is 1. The molecule has 144 valence electrons. The van der Waals surface area contributed by atoms with Crippen molar-refractivity contribution in [2.45, 2.75) is 6.54 Å². The van der Waals surface area contributed by atoms with Crippen molar-refractivity contribution in [3.8, 4) is 10.4 Å². The number of thiophene rings is 1. The molecule has 1 amide bonds.